The number of alkyl halides is 2. The van der Waals surface area contributed by atoms with Gasteiger partial charge in [-0.15, -0.1) is 0 Å². The molecule has 0 amide bonds. The van der Waals surface area contributed by atoms with Gasteiger partial charge in [0.05, 0.1) is 12.3 Å². The smallest absolute Gasteiger partial charge is 0.266 e. The zero-order chi connectivity index (χ0) is 20.2. The van der Waals surface area contributed by atoms with Crippen LogP contribution < -0.4 is 0 Å². The molecule has 144 valence electrons. The second-order valence-corrected chi connectivity index (χ2v) is 7.28. The Morgan fingerprint density at radius 2 is 1.85 bits per heavy atom. The number of nitrogens with zero attached hydrogens (tertiary/aromatic N) is 2. The molecule has 2 nitrogen and oxygen atoms in total. The molecule has 0 aliphatic carbocycles. The van der Waals surface area contributed by atoms with Gasteiger partial charge in [0.2, 0.25) is 0 Å². The van der Waals surface area contributed by atoms with E-state index >= 15 is 0 Å². The minimum absolute atomic E-state index is 0.0308. The van der Waals surface area contributed by atoms with E-state index in [1.165, 1.54) is 11.6 Å². The van der Waals surface area contributed by atoms with Gasteiger partial charge in [0.15, 0.2) is 0 Å². The largest absolute Gasteiger partial charge is 0.270 e. The van der Waals surface area contributed by atoms with E-state index in [1.807, 2.05) is 44.0 Å². The molecule has 0 aromatic heterocycles. The Bertz CT molecular complexity index is 845. The molecule has 0 bridgehead atoms. The fraction of sp³-hybridized carbons (Fsp3) is 0.348. The van der Waals surface area contributed by atoms with Crippen molar-refractivity contribution < 1.29 is 8.78 Å². The lowest BCUT2D eigenvalue weighted by atomic mass is 9.98. The molecule has 0 radical (unpaired) electrons. The van der Waals surface area contributed by atoms with Gasteiger partial charge in [-0.1, -0.05) is 42.0 Å². The van der Waals surface area contributed by atoms with E-state index in [4.69, 9.17) is 5.10 Å². The zero-order valence-corrected chi connectivity index (χ0v) is 17.0. The molecule has 4 heteroatoms. The van der Waals surface area contributed by atoms with Crippen molar-refractivity contribution in [3.8, 4) is 0 Å². The summed E-state index contributed by atoms with van der Waals surface area (Å²) < 4.78 is 27.2. The summed E-state index contributed by atoms with van der Waals surface area (Å²) in [7, 11) is 0. The Labute approximate surface area is 161 Å². The van der Waals surface area contributed by atoms with Gasteiger partial charge in [-0.3, -0.25) is 5.01 Å². The quantitative estimate of drug-likeness (QED) is 0.416. The van der Waals surface area contributed by atoms with Crippen molar-refractivity contribution in [2.45, 2.75) is 47.5 Å². The van der Waals surface area contributed by atoms with Gasteiger partial charge in [0.25, 0.3) is 5.92 Å². The van der Waals surface area contributed by atoms with Crippen LogP contribution in [0.4, 0.5) is 8.78 Å². The molecule has 2 rings (SSSR count). The maximum atomic E-state index is 13.6. The van der Waals surface area contributed by atoms with E-state index in [-0.39, 0.29) is 5.56 Å². The Morgan fingerprint density at radius 1 is 1.15 bits per heavy atom. The SMILES string of the molecule is CC(C)=C/C=C(C)/C(C)=N/N1CC=C(c2cccc(C(C)(F)F)c2)C=C1C. The first kappa shape index (κ1) is 20.8. The maximum Gasteiger partial charge on any atom is 0.270 e. The Morgan fingerprint density at radius 3 is 2.44 bits per heavy atom. The van der Waals surface area contributed by atoms with Crippen LogP contribution in [0.1, 0.15) is 52.7 Å². The molecule has 0 fully saturated rings. The van der Waals surface area contributed by atoms with Gasteiger partial charge in [0, 0.05) is 18.2 Å². The van der Waals surface area contributed by atoms with Crippen molar-refractivity contribution in [3.05, 3.63) is 76.5 Å². The minimum Gasteiger partial charge on any atom is -0.266 e. The first-order chi connectivity index (χ1) is 12.6. The molecule has 1 aliphatic rings. The number of allylic oxidation sites excluding steroid dienone is 7. The highest BCUT2D eigenvalue weighted by molar-refractivity contribution is 5.97. The summed E-state index contributed by atoms with van der Waals surface area (Å²) in [5.74, 6) is -2.84. The van der Waals surface area contributed by atoms with E-state index in [9.17, 15) is 8.78 Å². The van der Waals surface area contributed by atoms with E-state index < -0.39 is 5.92 Å². The standard InChI is InChI=1S/C23H28F2N2/c1-16(2)10-11-17(3)19(5)26-27-13-12-21(14-18(27)4)20-8-7-9-22(15-20)23(6,24)25/h7-12,14-15H,13H2,1-6H3/b17-11+,26-19+. The molecular weight excluding hydrogens is 342 g/mol. The summed E-state index contributed by atoms with van der Waals surface area (Å²) in [4.78, 5) is 0. The minimum atomic E-state index is -2.84. The number of benzene rings is 1. The summed E-state index contributed by atoms with van der Waals surface area (Å²) >= 11 is 0. The molecule has 1 aliphatic heterocycles. The molecule has 0 unspecified atom stereocenters. The average molecular weight is 370 g/mol. The summed E-state index contributed by atoms with van der Waals surface area (Å²) in [6.45, 7) is 11.7. The number of hydrogen-bond donors (Lipinski definition) is 0. The summed E-state index contributed by atoms with van der Waals surface area (Å²) in [5.41, 5.74) is 6.05. The third kappa shape index (κ3) is 5.75. The normalized spacial score (nSPS) is 16.1. The van der Waals surface area contributed by atoms with Gasteiger partial charge in [-0.05, 0) is 63.5 Å². The van der Waals surface area contributed by atoms with Gasteiger partial charge < -0.3 is 0 Å². The average Bonchev–Trinajstić information content (AvgIpc) is 2.60. The highest BCUT2D eigenvalue weighted by Crippen LogP contribution is 2.31. The molecule has 1 heterocycles. The van der Waals surface area contributed by atoms with Crippen LogP contribution in [0.3, 0.4) is 0 Å². The van der Waals surface area contributed by atoms with Crippen molar-refractivity contribution >= 4 is 11.3 Å². The molecule has 1 aromatic carbocycles. The number of hydrogen-bond acceptors (Lipinski definition) is 2. The van der Waals surface area contributed by atoms with E-state index in [1.54, 1.807) is 12.1 Å². The zero-order valence-electron chi connectivity index (χ0n) is 17.0. The van der Waals surface area contributed by atoms with Gasteiger partial charge in [-0.2, -0.15) is 5.10 Å². The molecule has 0 atom stereocenters. The molecule has 0 spiro atoms. The topological polar surface area (TPSA) is 15.6 Å². The molecule has 0 saturated heterocycles. The predicted molar refractivity (Wildman–Crippen MR) is 111 cm³/mol. The molecule has 0 saturated carbocycles. The van der Waals surface area contributed by atoms with Crippen molar-refractivity contribution in [2.24, 2.45) is 5.10 Å². The molecule has 0 N–H and O–H groups in total. The van der Waals surface area contributed by atoms with E-state index in [0.717, 1.165) is 35.0 Å². The number of halogens is 2. The summed E-state index contributed by atoms with van der Waals surface area (Å²) in [6.07, 6.45) is 8.14. The number of hydrazone groups is 1. The van der Waals surface area contributed by atoms with Crippen molar-refractivity contribution in [2.75, 3.05) is 6.54 Å². The molecule has 27 heavy (non-hydrogen) atoms. The third-order valence-electron chi connectivity index (χ3n) is 4.47. The Balaban J connectivity index is 2.21. The lowest BCUT2D eigenvalue weighted by Crippen LogP contribution is -2.20. The van der Waals surface area contributed by atoms with Crippen LogP contribution in [0.5, 0.6) is 0 Å². The van der Waals surface area contributed by atoms with Crippen molar-refractivity contribution in [3.63, 3.8) is 0 Å². The third-order valence-corrected chi connectivity index (χ3v) is 4.47. The summed E-state index contributed by atoms with van der Waals surface area (Å²) in [5, 5.41) is 6.63. The Hall–Kier alpha value is -2.49. The lowest BCUT2D eigenvalue weighted by molar-refractivity contribution is 0.0174. The fourth-order valence-electron chi connectivity index (χ4n) is 2.65. The summed E-state index contributed by atoms with van der Waals surface area (Å²) in [6, 6.07) is 6.57. The van der Waals surface area contributed by atoms with Crippen LogP contribution in [-0.4, -0.2) is 17.3 Å². The predicted octanol–water partition coefficient (Wildman–Crippen LogP) is 6.69. The number of rotatable bonds is 5. The van der Waals surface area contributed by atoms with Crippen LogP contribution in [0.15, 0.2) is 70.5 Å². The Kier molecular flexibility index (Phi) is 6.53. The van der Waals surface area contributed by atoms with E-state index in [0.29, 0.717) is 6.54 Å². The maximum absolute atomic E-state index is 13.6. The van der Waals surface area contributed by atoms with Crippen LogP contribution >= 0.6 is 0 Å². The molecular formula is C23H28F2N2. The van der Waals surface area contributed by atoms with Gasteiger partial charge in [0.1, 0.15) is 0 Å². The van der Waals surface area contributed by atoms with E-state index in [2.05, 4.69) is 26.0 Å². The van der Waals surface area contributed by atoms with Gasteiger partial charge >= 0.3 is 0 Å². The highest BCUT2D eigenvalue weighted by atomic mass is 19.3. The van der Waals surface area contributed by atoms with Crippen LogP contribution in [0, 0.1) is 0 Å². The highest BCUT2D eigenvalue weighted by Gasteiger charge is 2.24. The first-order valence-electron chi connectivity index (χ1n) is 9.10. The monoisotopic (exact) mass is 370 g/mol. The van der Waals surface area contributed by atoms with Crippen molar-refractivity contribution in [1.29, 1.82) is 0 Å². The van der Waals surface area contributed by atoms with Crippen LogP contribution in [0.2, 0.25) is 0 Å². The van der Waals surface area contributed by atoms with Crippen LogP contribution in [0.25, 0.3) is 5.57 Å². The van der Waals surface area contributed by atoms with Gasteiger partial charge in [-0.25, -0.2) is 8.78 Å². The fourth-order valence-corrected chi connectivity index (χ4v) is 2.65. The first-order valence-corrected chi connectivity index (χ1v) is 9.10. The second kappa shape index (κ2) is 8.47. The van der Waals surface area contributed by atoms with Crippen molar-refractivity contribution in [1.82, 2.24) is 5.01 Å². The molecule has 1 aromatic rings. The van der Waals surface area contributed by atoms with Crippen LogP contribution in [-0.2, 0) is 5.92 Å². The lowest BCUT2D eigenvalue weighted by Gasteiger charge is -2.24. The second-order valence-electron chi connectivity index (χ2n) is 7.28.